The van der Waals surface area contributed by atoms with Gasteiger partial charge < -0.3 is 5.32 Å². The Morgan fingerprint density at radius 3 is 2.53 bits per heavy atom. The summed E-state index contributed by atoms with van der Waals surface area (Å²) in [5.74, 6) is 0.894. The van der Waals surface area contributed by atoms with Crippen LogP contribution >= 0.6 is 0 Å². The molecule has 0 fully saturated rings. The van der Waals surface area contributed by atoms with Crippen molar-refractivity contribution in [3.05, 3.63) is 109 Å². The van der Waals surface area contributed by atoms with Gasteiger partial charge in [0.2, 0.25) is 0 Å². The van der Waals surface area contributed by atoms with E-state index in [1.165, 1.54) is 0 Å². The highest BCUT2D eigenvalue weighted by molar-refractivity contribution is 6.05. The lowest BCUT2D eigenvalue weighted by Crippen LogP contribution is -2.05. The summed E-state index contributed by atoms with van der Waals surface area (Å²) in [4.78, 5) is 25.5. The number of pyridine rings is 3. The quantitative estimate of drug-likeness (QED) is 0.328. The van der Waals surface area contributed by atoms with E-state index in [1.54, 1.807) is 25.5 Å². The van der Waals surface area contributed by atoms with Crippen molar-refractivity contribution in [2.24, 2.45) is 0 Å². The molecule has 5 aromatic rings. The molecule has 2 aromatic carbocycles. The fourth-order valence-electron chi connectivity index (χ4n) is 4.13. The molecule has 0 bridgehead atoms. The van der Waals surface area contributed by atoms with Crippen LogP contribution < -0.4 is 5.32 Å². The second-order valence-corrected chi connectivity index (χ2v) is 8.26. The van der Waals surface area contributed by atoms with Crippen LogP contribution in [0, 0.1) is 0 Å². The molecule has 0 radical (unpaired) electrons. The lowest BCUT2D eigenvalue weighted by Gasteiger charge is -2.15. The molecule has 5 rings (SSSR count). The molecule has 3 aromatic heterocycles. The standard InChI is InChI=1S/C29H24N4O/c1-20(34)14-21-15-24(18-30-17-21)27-16-23-10-7-12-26(22-8-3-2-4-9-22)28(23)29(33-27)32-19-25-11-5-6-13-31-25/h2-13,15-18H,14,19H2,1H3,(H,32,33). The summed E-state index contributed by atoms with van der Waals surface area (Å²) in [5.41, 5.74) is 5.75. The number of ketones is 1. The van der Waals surface area contributed by atoms with Gasteiger partial charge in [0, 0.05) is 36.0 Å². The number of carbonyl (C=O) groups is 1. The molecule has 0 unspecified atom stereocenters. The van der Waals surface area contributed by atoms with E-state index in [-0.39, 0.29) is 5.78 Å². The van der Waals surface area contributed by atoms with Crippen LogP contribution in [0.25, 0.3) is 33.2 Å². The van der Waals surface area contributed by atoms with Gasteiger partial charge in [0.1, 0.15) is 11.6 Å². The number of benzene rings is 2. The lowest BCUT2D eigenvalue weighted by atomic mass is 9.97. The second kappa shape index (κ2) is 9.63. The highest BCUT2D eigenvalue weighted by Gasteiger charge is 2.14. The number of fused-ring (bicyclic) bond motifs is 1. The summed E-state index contributed by atoms with van der Waals surface area (Å²) in [6, 6.07) is 26.6. The SMILES string of the molecule is CC(=O)Cc1cncc(-c2cc3cccc(-c4ccccc4)c3c(NCc3ccccn3)n2)c1. The van der Waals surface area contributed by atoms with Crippen molar-refractivity contribution >= 4 is 22.4 Å². The van der Waals surface area contributed by atoms with Crippen LogP contribution in [-0.4, -0.2) is 20.7 Å². The molecular formula is C29H24N4O. The predicted molar refractivity (Wildman–Crippen MR) is 136 cm³/mol. The molecule has 0 atom stereocenters. The van der Waals surface area contributed by atoms with Crippen LogP contribution in [0.5, 0.6) is 0 Å². The van der Waals surface area contributed by atoms with E-state index in [1.807, 2.05) is 42.5 Å². The van der Waals surface area contributed by atoms with E-state index in [9.17, 15) is 4.79 Å². The molecule has 34 heavy (non-hydrogen) atoms. The van der Waals surface area contributed by atoms with Crippen molar-refractivity contribution in [3.8, 4) is 22.4 Å². The number of rotatable bonds is 7. The molecule has 0 amide bonds. The summed E-state index contributed by atoms with van der Waals surface area (Å²) in [7, 11) is 0. The Bertz CT molecular complexity index is 1450. The molecule has 0 spiro atoms. The first-order chi connectivity index (χ1) is 16.7. The minimum atomic E-state index is 0.107. The van der Waals surface area contributed by atoms with Gasteiger partial charge in [-0.2, -0.15) is 0 Å². The fourth-order valence-corrected chi connectivity index (χ4v) is 4.13. The first kappa shape index (κ1) is 21.5. The van der Waals surface area contributed by atoms with Crippen LogP contribution in [-0.2, 0) is 17.8 Å². The molecule has 5 nitrogen and oxygen atoms in total. The number of nitrogens with zero attached hydrogens (tertiary/aromatic N) is 3. The first-order valence-corrected chi connectivity index (χ1v) is 11.2. The maximum absolute atomic E-state index is 11.6. The summed E-state index contributed by atoms with van der Waals surface area (Å²) >= 11 is 0. The van der Waals surface area contributed by atoms with Gasteiger partial charge in [-0.1, -0.05) is 54.6 Å². The van der Waals surface area contributed by atoms with Crippen molar-refractivity contribution in [2.45, 2.75) is 19.9 Å². The number of hydrogen-bond donors (Lipinski definition) is 1. The molecule has 0 aliphatic heterocycles. The van der Waals surface area contributed by atoms with E-state index in [0.717, 1.165) is 50.2 Å². The van der Waals surface area contributed by atoms with Crippen LogP contribution in [0.4, 0.5) is 5.82 Å². The molecule has 0 aliphatic rings. The van der Waals surface area contributed by atoms with Gasteiger partial charge in [-0.25, -0.2) is 4.98 Å². The summed E-state index contributed by atoms with van der Waals surface area (Å²) < 4.78 is 0. The molecule has 166 valence electrons. The third kappa shape index (κ3) is 4.69. The summed E-state index contributed by atoms with van der Waals surface area (Å²) in [6.45, 7) is 2.14. The normalized spacial score (nSPS) is 10.9. The van der Waals surface area contributed by atoms with E-state index >= 15 is 0 Å². The maximum Gasteiger partial charge on any atom is 0.135 e. The average Bonchev–Trinajstić information content (AvgIpc) is 2.87. The number of Topliss-reactive ketones (excluding diaryl/α,β-unsaturated/α-hetero) is 1. The number of hydrogen-bond acceptors (Lipinski definition) is 5. The highest BCUT2D eigenvalue weighted by Crippen LogP contribution is 2.35. The third-order valence-corrected chi connectivity index (χ3v) is 5.65. The van der Waals surface area contributed by atoms with Crippen LogP contribution in [0.1, 0.15) is 18.2 Å². The maximum atomic E-state index is 11.6. The number of nitrogens with one attached hydrogen (secondary N) is 1. The summed E-state index contributed by atoms with van der Waals surface area (Å²) in [5, 5.41) is 5.66. The number of aromatic nitrogens is 3. The van der Waals surface area contributed by atoms with Crippen LogP contribution in [0.15, 0.2) is 97.5 Å². The van der Waals surface area contributed by atoms with E-state index in [2.05, 4.69) is 51.7 Å². The van der Waals surface area contributed by atoms with Crippen LogP contribution in [0.3, 0.4) is 0 Å². The first-order valence-electron chi connectivity index (χ1n) is 11.2. The Kier molecular flexibility index (Phi) is 6.08. The van der Waals surface area contributed by atoms with Gasteiger partial charge in [0.15, 0.2) is 0 Å². The van der Waals surface area contributed by atoms with Gasteiger partial charge >= 0.3 is 0 Å². The monoisotopic (exact) mass is 444 g/mol. The van der Waals surface area contributed by atoms with Gasteiger partial charge in [0.05, 0.1) is 17.9 Å². The Morgan fingerprint density at radius 2 is 1.74 bits per heavy atom. The zero-order valence-corrected chi connectivity index (χ0v) is 18.9. The lowest BCUT2D eigenvalue weighted by molar-refractivity contribution is -0.116. The minimum Gasteiger partial charge on any atom is -0.364 e. The molecule has 1 N–H and O–H groups in total. The van der Waals surface area contributed by atoms with Gasteiger partial charge in [-0.3, -0.25) is 14.8 Å². The number of carbonyl (C=O) groups excluding carboxylic acids is 1. The van der Waals surface area contributed by atoms with Gasteiger partial charge in [0.25, 0.3) is 0 Å². The van der Waals surface area contributed by atoms with Crippen molar-refractivity contribution in [3.63, 3.8) is 0 Å². The smallest absolute Gasteiger partial charge is 0.135 e. The Morgan fingerprint density at radius 1 is 0.882 bits per heavy atom. The zero-order chi connectivity index (χ0) is 23.3. The van der Waals surface area contributed by atoms with Crippen molar-refractivity contribution < 1.29 is 4.79 Å². The van der Waals surface area contributed by atoms with E-state index in [4.69, 9.17) is 4.98 Å². The minimum absolute atomic E-state index is 0.107. The van der Waals surface area contributed by atoms with Crippen LogP contribution in [0.2, 0.25) is 0 Å². The predicted octanol–water partition coefficient (Wildman–Crippen LogP) is 6.10. The number of anilines is 1. The molecule has 0 saturated carbocycles. The topological polar surface area (TPSA) is 67.8 Å². The molecular weight excluding hydrogens is 420 g/mol. The molecule has 3 heterocycles. The molecule has 0 aliphatic carbocycles. The van der Waals surface area contributed by atoms with E-state index < -0.39 is 0 Å². The van der Waals surface area contributed by atoms with E-state index in [0.29, 0.717) is 13.0 Å². The molecule has 5 heteroatoms. The van der Waals surface area contributed by atoms with Crippen molar-refractivity contribution in [1.82, 2.24) is 15.0 Å². The largest absolute Gasteiger partial charge is 0.364 e. The van der Waals surface area contributed by atoms with Crippen molar-refractivity contribution in [2.75, 3.05) is 5.32 Å². The third-order valence-electron chi connectivity index (χ3n) is 5.65. The average molecular weight is 445 g/mol. The van der Waals surface area contributed by atoms with Gasteiger partial charge in [-0.05, 0) is 53.3 Å². The summed E-state index contributed by atoms with van der Waals surface area (Å²) in [6.07, 6.45) is 5.68. The second-order valence-electron chi connectivity index (χ2n) is 8.26. The highest BCUT2D eigenvalue weighted by atomic mass is 16.1. The Hall–Kier alpha value is -4.38. The Balaban J connectivity index is 1.65. The Labute approximate surface area is 198 Å². The molecule has 0 saturated heterocycles. The zero-order valence-electron chi connectivity index (χ0n) is 18.9. The van der Waals surface area contributed by atoms with Gasteiger partial charge in [-0.15, -0.1) is 0 Å². The van der Waals surface area contributed by atoms with Crippen molar-refractivity contribution in [1.29, 1.82) is 0 Å². The fraction of sp³-hybridized carbons (Fsp3) is 0.103.